The molecule has 0 aliphatic heterocycles. The third kappa shape index (κ3) is 2.23. The maximum Gasteiger partial charge on any atom is 0.167 e. The highest BCUT2D eigenvalue weighted by atomic mass is 16.6. The topological polar surface area (TPSA) is 58.6 Å². The number of aromatic hydroxyl groups is 1. The van der Waals surface area contributed by atoms with Crippen LogP contribution in [0, 0.1) is 0 Å². The summed E-state index contributed by atoms with van der Waals surface area (Å²) in [6, 6.07) is 4.70. The molecule has 1 aromatic carbocycles. The monoisotopic (exact) mass is 195 g/mol. The van der Waals surface area contributed by atoms with Crippen molar-refractivity contribution in [3.8, 4) is 11.5 Å². The van der Waals surface area contributed by atoms with Crippen molar-refractivity contribution >= 4 is 5.78 Å². The predicted octanol–water partition coefficient (Wildman–Crippen LogP) is 1.50. The summed E-state index contributed by atoms with van der Waals surface area (Å²) in [5, 5.41) is 9.43. The first kappa shape index (κ1) is 10.5. The van der Waals surface area contributed by atoms with Crippen LogP contribution in [0.25, 0.3) is 0 Å². The lowest BCUT2D eigenvalue weighted by molar-refractivity contribution is 0.100. The Labute approximate surface area is 82.5 Å². The Kier molecular flexibility index (Phi) is 3.48. The lowest BCUT2D eigenvalue weighted by Crippen LogP contribution is -2.18. The highest BCUT2D eigenvalue weighted by Gasteiger charge is 2.13. The van der Waals surface area contributed by atoms with Gasteiger partial charge in [-0.05, 0) is 26.0 Å². The molecule has 0 atom stereocenters. The molecule has 0 saturated carbocycles. The normalized spacial score (nSPS) is 9.86. The van der Waals surface area contributed by atoms with E-state index >= 15 is 0 Å². The zero-order chi connectivity index (χ0) is 10.6. The average Bonchev–Trinajstić information content (AvgIpc) is 2.14. The Hall–Kier alpha value is -1.55. The summed E-state index contributed by atoms with van der Waals surface area (Å²) in [4.78, 5) is 16.3. The molecule has 1 aromatic rings. The molecule has 0 bridgehead atoms. The molecule has 0 aliphatic carbocycles. The van der Waals surface area contributed by atoms with Crippen molar-refractivity contribution in [2.75, 3.05) is 6.54 Å². The van der Waals surface area contributed by atoms with Crippen molar-refractivity contribution < 1.29 is 14.7 Å². The zero-order valence-corrected chi connectivity index (χ0v) is 8.20. The van der Waals surface area contributed by atoms with Crippen LogP contribution in [-0.4, -0.2) is 17.4 Å². The highest BCUT2D eigenvalue weighted by molar-refractivity contribution is 5.99. The van der Waals surface area contributed by atoms with E-state index in [0.29, 0.717) is 12.3 Å². The predicted molar refractivity (Wildman–Crippen MR) is 52.4 cm³/mol. The number of Topliss-reactive ketones (excluding diaryl/α,β-unsaturated/α-hetero) is 1. The number of phenols is 1. The minimum Gasteiger partial charge on any atom is -0.507 e. The van der Waals surface area contributed by atoms with Gasteiger partial charge in [0.15, 0.2) is 11.5 Å². The Bertz CT molecular complexity index is 336. The van der Waals surface area contributed by atoms with Crippen LogP contribution in [0.15, 0.2) is 18.2 Å². The van der Waals surface area contributed by atoms with Gasteiger partial charge in [-0.15, -0.1) is 0 Å². The standard InChI is InChI=1S/C10H13NO3/c1-3-11-14-9-6-4-5-8(13)10(9)7(2)12/h4-6,11,13H,3H2,1-2H3. The Morgan fingerprint density at radius 1 is 1.57 bits per heavy atom. The molecule has 0 radical (unpaired) electrons. The maximum absolute atomic E-state index is 11.2. The summed E-state index contributed by atoms with van der Waals surface area (Å²) in [5.74, 6) is 0.0586. The molecule has 2 N–H and O–H groups in total. The summed E-state index contributed by atoms with van der Waals surface area (Å²) in [5.41, 5.74) is 2.83. The minimum absolute atomic E-state index is 0.0621. The smallest absolute Gasteiger partial charge is 0.167 e. The molecule has 0 unspecified atom stereocenters. The van der Waals surface area contributed by atoms with Crippen molar-refractivity contribution in [1.82, 2.24) is 5.48 Å². The van der Waals surface area contributed by atoms with Crippen molar-refractivity contribution in [2.45, 2.75) is 13.8 Å². The van der Waals surface area contributed by atoms with Crippen LogP contribution in [0.5, 0.6) is 11.5 Å². The number of carbonyl (C=O) groups is 1. The lowest BCUT2D eigenvalue weighted by atomic mass is 10.1. The molecule has 1 rings (SSSR count). The second-order valence-electron chi connectivity index (χ2n) is 2.81. The van der Waals surface area contributed by atoms with E-state index in [0.717, 1.165) is 0 Å². The van der Waals surface area contributed by atoms with Crippen LogP contribution < -0.4 is 10.3 Å². The molecule has 0 heterocycles. The van der Waals surface area contributed by atoms with Crippen LogP contribution >= 0.6 is 0 Å². The van der Waals surface area contributed by atoms with E-state index in [4.69, 9.17) is 4.84 Å². The maximum atomic E-state index is 11.2. The van der Waals surface area contributed by atoms with Crippen molar-refractivity contribution in [3.63, 3.8) is 0 Å². The molecule has 4 heteroatoms. The van der Waals surface area contributed by atoms with Gasteiger partial charge in [-0.3, -0.25) is 4.79 Å². The van der Waals surface area contributed by atoms with Gasteiger partial charge < -0.3 is 9.94 Å². The first-order chi connectivity index (χ1) is 6.66. The van der Waals surface area contributed by atoms with Gasteiger partial charge in [-0.2, -0.15) is 5.48 Å². The fraction of sp³-hybridized carbons (Fsp3) is 0.300. The molecular weight excluding hydrogens is 182 g/mol. The molecule has 0 saturated heterocycles. The third-order valence-corrected chi connectivity index (χ3v) is 1.68. The number of hydrogen-bond acceptors (Lipinski definition) is 4. The summed E-state index contributed by atoms with van der Waals surface area (Å²) in [7, 11) is 0. The Morgan fingerprint density at radius 2 is 2.29 bits per heavy atom. The van der Waals surface area contributed by atoms with E-state index in [1.165, 1.54) is 13.0 Å². The van der Waals surface area contributed by atoms with Crippen molar-refractivity contribution in [2.24, 2.45) is 0 Å². The van der Waals surface area contributed by atoms with Crippen LogP contribution in [0.3, 0.4) is 0 Å². The van der Waals surface area contributed by atoms with Gasteiger partial charge in [0, 0.05) is 6.54 Å². The van der Waals surface area contributed by atoms with E-state index in [9.17, 15) is 9.90 Å². The SMILES string of the molecule is CCNOc1cccc(O)c1C(C)=O. The van der Waals surface area contributed by atoms with Gasteiger partial charge in [0.1, 0.15) is 11.3 Å². The van der Waals surface area contributed by atoms with Crippen LogP contribution in [0.2, 0.25) is 0 Å². The summed E-state index contributed by atoms with van der Waals surface area (Å²) in [6.45, 7) is 3.87. The van der Waals surface area contributed by atoms with Gasteiger partial charge in [0.25, 0.3) is 0 Å². The van der Waals surface area contributed by atoms with Crippen molar-refractivity contribution in [3.05, 3.63) is 23.8 Å². The summed E-state index contributed by atoms with van der Waals surface area (Å²) >= 11 is 0. The number of nitrogens with one attached hydrogen (secondary N) is 1. The van der Waals surface area contributed by atoms with Crippen LogP contribution in [-0.2, 0) is 0 Å². The largest absolute Gasteiger partial charge is 0.507 e. The number of benzene rings is 1. The van der Waals surface area contributed by atoms with Crippen LogP contribution in [0.1, 0.15) is 24.2 Å². The zero-order valence-electron chi connectivity index (χ0n) is 8.20. The molecular formula is C10H13NO3. The van der Waals surface area contributed by atoms with E-state index in [2.05, 4.69) is 5.48 Å². The number of hydrogen-bond donors (Lipinski definition) is 2. The van der Waals surface area contributed by atoms with Crippen LogP contribution in [0.4, 0.5) is 0 Å². The van der Waals surface area contributed by atoms with Crippen molar-refractivity contribution in [1.29, 1.82) is 0 Å². The minimum atomic E-state index is -0.226. The lowest BCUT2D eigenvalue weighted by Gasteiger charge is -2.09. The molecule has 76 valence electrons. The molecule has 0 aromatic heterocycles. The van der Waals surface area contributed by atoms with E-state index in [1.54, 1.807) is 12.1 Å². The summed E-state index contributed by atoms with van der Waals surface area (Å²) < 4.78 is 0. The fourth-order valence-corrected chi connectivity index (χ4v) is 1.11. The first-order valence-corrected chi connectivity index (χ1v) is 4.39. The van der Waals surface area contributed by atoms with Gasteiger partial charge in [-0.1, -0.05) is 6.07 Å². The average molecular weight is 195 g/mol. The molecule has 14 heavy (non-hydrogen) atoms. The number of carbonyl (C=O) groups excluding carboxylic acids is 1. The fourth-order valence-electron chi connectivity index (χ4n) is 1.11. The number of hydroxylamine groups is 1. The second-order valence-corrected chi connectivity index (χ2v) is 2.81. The molecule has 0 spiro atoms. The molecule has 0 fully saturated rings. The second kappa shape index (κ2) is 4.62. The van der Waals surface area contributed by atoms with Gasteiger partial charge >= 0.3 is 0 Å². The number of phenolic OH excluding ortho intramolecular Hbond substituents is 1. The Morgan fingerprint density at radius 3 is 2.86 bits per heavy atom. The first-order valence-electron chi connectivity index (χ1n) is 4.39. The number of rotatable bonds is 4. The third-order valence-electron chi connectivity index (χ3n) is 1.68. The van der Waals surface area contributed by atoms with Gasteiger partial charge in [-0.25, -0.2) is 0 Å². The van der Waals surface area contributed by atoms with Gasteiger partial charge in [0.2, 0.25) is 0 Å². The van der Waals surface area contributed by atoms with Gasteiger partial charge in [0.05, 0.1) is 0 Å². The van der Waals surface area contributed by atoms with E-state index in [-0.39, 0.29) is 17.1 Å². The molecule has 4 nitrogen and oxygen atoms in total. The summed E-state index contributed by atoms with van der Waals surface area (Å²) in [6.07, 6.45) is 0. The quantitative estimate of drug-likeness (QED) is 0.564. The molecule has 0 amide bonds. The highest BCUT2D eigenvalue weighted by Crippen LogP contribution is 2.27. The van der Waals surface area contributed by atoms with E-state index in [1.807, 2.05) is 6.92 Å². The Balaban J connectivity index is 3.02. The molecule has 0 aliphatic rings. The van der Waals surface area contributed by atoms with E-state index < -0.39 is 0 Å². The number of ketones is 1.